The zero-order valence-corrected chi connectivity index (χ0v) is 9.94. The van der Waals surface area contributed by atoms with Crippen molar-refractivity contribution in [2.45, 2.75) is 19.8 Å². The van der Waals surface area contributed by atoms with Crippen molar-refractivity contribution in [3.63, 3.8) is 0 Å². The number of aromatic hydroxyl groups is 1. The summed E-state index contributed by atoms with van der Waals surface area (Å²) in [5.41, 5.74) is -0.586. The highest BCUT2D eigenvalue weighted by molar-refractivity contribution is 5.73. The number of pyridine rings is 1. The molecule has 0 amide bonds. The van der Waals surface area contributed by atoms with Crippen molar-refractivity contribution in [1.29, 1.82) is 0 Å². The minimum Gasteiger partial charge on any atom is -0.503 e. The Morgan fingerprint density at radius 2 is 2.22 bits per heavy atom. The van der Waals surface area contributed by atoms with Crippen LogP contribution in [0.3, 0.4) is 0 Å². The van der Waals surface area contributed by atoms with E-state index in [2.05, 4.69) is 9.72 Å². The number of halogens is 2. The van der Waals surface area contributed by atoms with Gasteiger partial charge in [-0.3, -0.25) is 9.78 Å². The highest BCUT2D eigenvalue weighted by Crippen LogP contribution is 2.37. The fraction of sp³-hybridized carbons (Fsp3) is 0.455. The van der Waals surface area contributed by atoms with Gasteiger partial charge < -0.3 is 14.6 Å². The Balaban J connectivity index is 3.05. The Hall–Kier alpha value is -1.92. The van der Waals surface area contributed by atoms with Gasteiger partial charge in [-0.15, -0.1) is 0 Å². The van der Waals surface area contributed by atoms with Crippen LogP contribution in [0.15, 0.2) is 6.20 Å². The second kappa shape index (κ2) is 6.13. The maximum Gasteiger partial charge on any atom is 0.312 e. The lowest BCUT2D eigenvalue weighted by Crippen LogP contribution is -2.10. The number of nitrogens with zero attached hydrogens (tertiary/aromatic N) is 1. The lowest BCUT2D eigenvalue weighted by molar-refractivity contribution is -0.142. The van der Waals surface area contributed by atoms with Gasteiger partial charge in [-0.05, 0) is 6.92 Å². The molecule has 0 aliphatic rings. The second-order valence-electron chi connectivity index (χ2n) is 3.32. The molecule has 0 atom stereocenters. The van der Waals surface area contributed by atoms with Gasteiger partial charge in [-0.1, -0.05) is 0 Å². The lowest BCUT2D eigenvalue weighted by atomic mass is 10.2. The Kier molecular flexibility index (Phi) is 4.82. The van der Waals surface area contributed by atoms with Crippen LogP contribution in [0.4, 0.5) is 8.78 Å². The highest BCUT2D eigenvalue weighted by atomic mass is 19.3. The van der Waals surface area contributed by atoms with E-state index in [1.807, 2.05) is 0 Å². The number of rotatable bonds is 5. The van der Waals surface area contributed by atoms with E-state index in [1.54, 1.807) is 6.92 Å². The Morgan fingerprint density at radius 1 is 1.56 bits per heavy atom. The zero-order valence-electron chi connectivity index (χ0n) is 9.94. The summed E-state index contributed by atoms with van der Waals surface area (Å²) in [6, 6.07) is 0. The second-order valence-corrected chi connectivity index (χ2v) is 3.32. The molecule has 0 radical (unpaired) electrons. The third-order valence-electron chi connectivity index (χ3n) is 2.17. The van der Waals surface area contributed by atoms with Gasteiger partial charge >= 0.3 is 5.97 Å². The largest absolute Gasteiger partial charge is 0.503 e. The van der Waals surface area contributed by atoms with Crippen molar-refractivity contribution in [3.05, 3.63) is 17.5 Å². The van der Waals surface area contributed by atoms with Crippen LogP contribution in [-0.2, 0) is 16.0 Å². The van der Waals surface area contributed by atoms with E-state index < -0.39 is 23.7 Å². The lowest BCUT2D eigenvalue weighted by Gasteiger charge is -2.12. The molecule has 0 saturated carbocycles. The molecule has 0 saturated heterocycles. The van der Waals surface area contributed by atoms with Crippen LogP contribution >= 0.6 is 0 Å². The molecule has 100 valence electrons. The molecule has 0 aromatic carbocycles. The van der Waals surface area contributed by atoms with Gasteiger partial charge in [0, 0.05) is 6.20 Å². The maximum absolute atomic E-state index is 12.6. The van der Waals surface area contributed by atoms with Crippen molar-refractivity contribution < 1.29 is 28.2 Å². The van der Waals surface area contributed by atoms with E-state index in [9.17, 15) is 18.7 Å². The third-order valence-corrected chi connectivity index (χ3v) is 2.17. The summed E-state index contributed by atoms with van der Waals surface area (Å²) in [6.07, 6.45) is -2.26. The fourth-order valence-corrected chi connectivity index (χ4v) is 1.38. The van der Waals surface area contributed by atoms with Gasteiger partial charge in [0.2, 0.25) is 0 Å². The van der Waals surface area contributed by atoms with Crippen molar-refractivity contribution >= 4 is 5.97 Å². The molecule has 0 aliphatic heterocycles. The first-order valence-electron chi connectivity index (χ1n) is 5.19. The Bertz CT molecular complexity index is 437. The summed E-state index contributed by atoms with van der Waals surface area (Å²) in [4.78, 5) is 14.8. The molecule has 1 N–H and O–H groups in total. The van der Waals surface area contributed by atoms with E-state index in [-0.39, 0.29) is 24.5 Å². The zero-order chi connectivity index (χ0) is 13.7. The molecule has 1 heterocycles. The van der Waals surface area contributed by atoms with E-state index in [1.165, 1.54) is 0 Å². The standard InChI is InChI=1S/C11H13F2NO4/c1-3-18-8(15)4-7-9(16)10(17-2)6(5-14-7)11(12)13/h5,11,16H,3-4H2,1-2H3. The molecule has 5 nitrogen and oxygen atoms in total. The molecule has 0 bridgehead atoms. The summed E-state index contributed by atoms with van der Waals surface area (Å²) in [5.74, 6) is -1.55. The number of hydrogen-bond acceptors (Lipinski definition) is 5. The van der Waals surface area contributed by atoms with E-state index in [4.69, 9.17) is 4.74 Å². The van der Waals surface area contributed by atoms with Gasteiger partial charge in [-0.25, -0.2) is 8.78 Å². The number of hydrogen-bond donors (Lipinski definition) is 1. The first-order valence-corrected chi connectivity index (χ1v) is 5.19. The number of carbonyl (C=O) groups excluding carboxylic acids is 1. The van der Waals surface area contributed by atoms with Crippen LogP contribution < -0.4 is 4.74 Å². The molecule has 0 fully saturated rings. The van der Waals surface area contributed by atoms with Crippen LogP contribution in [0.1, 0.15) is 24.6 Å². The molecular formula is C11H13F2NO4. The molecular weight excluding hydrogens is 248 g/mol. The molecule has 1 rings (SSSR count). The fourth-order valence-electron chi connectivity index (χ4n) is 1.38. The summed E-state index contributed by atoms with van der Waals surface area (Å²) < 4.78 is 34.5. The maximum atomic E-state index is 12.6. The smallest absolute Gasteiger partial charge is 0.312 e. The molecule has 0 spiro atoms. The van der Waals surface area contributed by atoms with Crippen LogP contribution in [-0.4, -0.2) is 29.8 Å². The van der Waals surface area contributed by atoms with Crippen molar-refractivity contribution in [3.8, 4) is 11.5 Å². The number of aromatic nitrogens is 1. The molecule has 1 aromatic rings. The molecule has 0 aliphatic carbocycles. The number of esters is 1. The van der Waals surface area contributed by atoms with Crippen LogP contribution in [0, 0.1) is 0 Å². The minimum atomic E-state index is -2.82. The summed E-state index contributed by atoms with van der Waals surface area (Å²) in [7, 11) is 1.15. The number of carbonyl (C=O) groups is 1. The van der Waals surface area contributed by atoms with Gasteiger partial charge in [0.15, 0.2) is 11.5 Å². The minimum absolute atomic E-state index is 0.0605. The van der Waals surface area contributed by atoms with Crippen LogP contribution in [0.5, 0.6) is 11.5 Å². The van der Waals surface area contributed by atoms with Crippen molar-refractivity contribution in [1.82, 2.24) is 4.98 Å². The van der Waals surface area contributed by atoms with Crippen molar-refractivity contribution in [2.75, 3.05) is 13.7 Å². The summed E-state index contributed by atoms with van der Waals surface area (Å²) in [6.45, 7) is 1.82. The highest BCUT2D eigenvalue weighted by Gasteiger charge is 2.22. The number of alkyl halides is 2. The molecule has 18 heavy (non-hydrogen) atoms. The average Bonchev–Trinajstić information content (AvgIpc) is 2.31. The number of ether oxygens (including phenoxy) is 2. The Morgan fingerprint density at radius 3 is 2.72 bits per heavy atom. The SMILES string of the molecule is CCOC(=O)Cc1ncc(C(F)F)c(OC)c1O. The molecule has 1 aromatic heterocycles. The average molecular weight is 261 g/mol. The quantitative estimate of drug-likeness (QED) is 0.819. The monoisotopic (exact) mass is 261 g/mol. The number of methoxy groups -OCH3 is 1. The van der Waals surface area contributed by atoms with Gasteiger partial charge in [0.25, 0.3) is 6.43 Å². The van der Waals surface area contributed by atoms with Crippen LogP contribution in [0.25, 0.3) is 0 Å². The first kappa shape index (κ1) is 14.1. The molecule has 7 heteroatoms. The third kappa shape index (κ3) is 3.06. The van der Waals surface area contributed by atoms with E-state index >= 15 is 0 Å². The van der Waals surface area contributed by atoms with E-state index in [0.29, 0.717) is 0 Å². The van der Waals surface area contributed by atoms with E-state index in [0.717, 1.165) is 13.3 Å². The predicted molar refractivity (Wildman–Crippen MR) is 57.7 cm³/mol. The normalized spacial score (nSPS) is 10.5. The summed E-state index contributed by atoms with van der Waals surface area (Å²) >= 11 is 0. The van der Waals surface area contributed by atoms with Gasteiger partial charge in [0.1, 0.15) is 0 Å². The Labute approximate surface area is 102 Å². The summed E-state index contributed by atoms with van der Waals surface area (Å²) in [5, 5.41) is 9.71. The van der Waals surface area contributed by atoms with Gasteiger partial charge in [-0.2, -0.15) is 0 Å². The van der Waals surface area contributed by atoms with Crippen LogP contribution in [0.2, 0.25) is 0 Å². The first-order chi connectivity index (χ1) is 8.51. The van der Waals surface area contributed by atoms with Crippen molar-refractivity contribution in [2.24, 2.45) is 0 Å². The topological polar surface area (TPSA) is 68.7 Å². The molecule has 0 unspecified atom stereocenters. The van der Waals surface area contributed by atoms with Gasteiger partial charge in [0.05, 0.1) is 31.4 Å². The predicted octanol–water partition coefficient (Wildman–Crippen LogP) is 1.84.